The molecular weight excluding hydrogens is 234 g/mol. The van der Waals surface area contributed by atoms with Crippen molar-refractivity contribution in [2.24, 2.45) is 0 Å². The molecule has 94 valence electrons. The summed E-state index contributed by atoms with van der Waals surface area (Å²) in [5, 5.41) is 6.39. The lowest BCUT2D eigenvalue weighted by molar-refractivity contribution is 0.0776. The summed E-state index contributed by atoms with van der Waals surface area (Å²) >= 11 is 0. The lowest BCUT2D eigenvalue weighted by Gasteiger charge is -2.14. The van der Waals surface area contributed by atoms with E-state index in [9.17, 15) is 9.59 Å². The van der Waals surface area contributed by atoms with Gasteiger partial charge in [0.2, 0.25) is 0 Å². The summed E-state index contributed by atoms with van der Waals surface area (Å²) in [4.78, 5) is 31.4. The van der Waals surface area contributed by atoms with Gasteiger partial charge in [0, 0.05) is 18.8 Å². The number of nitrogens with one attached hydrogen (secondary N) is 2. The smallest absolute Gasteiger partial charge is 0.270 e. The Bertz CT molecular complexity index is 558. The second-order valence-electron chi connectivity index (χ2n) is 3.95. The minimum Gasteiger partial charge on any atom is -0.356 e. The number of nitrogens with zero attached hydrogens (tertiary/aromatic N) is 3. The van der Waals surface area contributed by atoms with Gasteiger partial charge in [0.15, 0.2) is 5.78 Å². The summed E-state index contributed by atoms with van der Waals surface area (Å²) in [5.41, 5.74) is 0.869. The van der Waals surface area contributed by atoms with E-state index in [4.69, 9.17) is 0 Å². The molecule has 0 bridgehead atoms. The van der Waals surface area contributed by atoms with Crippen molar-refractivity contribution in [3.63, 3.8) is 0 Å². The van der Waals surface area contributed by atoms with Crippen LogP contribution in [0.2, 0.25) is 0 Å². The van der Waals surface area contributed by atoms with Gasteiger partial charge in [-0.2, -0.15) is 5.10 Å². The Labute approximate surface area is 103 Å². The molecule has 2 N–H and O–H groups in total. The van der Waals surface area contributed by atoms with E-state index in [2.05, 4.69) is 20.2 Å². The van der Waals surface area contributed by atoms with E-state index < -0.39 is 0 Å². The molecule has 0 aromatic carbocycles. The molecule has 2 heterocycles. The summed E-state index contributed by atoms with van der Waals surface area (Å²) in [5.74, 6) is 0.311. The zero-order valence-electron chi connectivity index (χ0n) is 10.1. The monoisotopic (exact) mass is 247 g/mol. The number of aromatic amines is 2. The summed E-state index contributed by atoms with van der Waals surface area (Å²) in [6, 6.07) is 1.54. The van der Waals surface area contributed by atoms with Crippen LogP contribution in [-0.4, -0.2) is 43.8 Å². The van der Waals surface area contributed by atoms with E-state index in [1.807, 2.05) is 0 Å². The molecule has 2 rings (SSSR count). The van der Waals surface area contributed by atoms with Gasteiger partial charge in [0.25, 0.3) is 5.91 Å². The zero-order valence-corrected chi connectivity index (χ0v) is 10.1. The molecule has 0 aliphatic heterocycles. The van der Waals surface area contributed by atoms with Crippen LogP contribution in [0.5, 0.6) is 0 Å². The maximum Gasteiger partial charge on any atom is 0.270 e. The third kappa shape index (κ3) is 2.45. The summed E-state index contributed by atoms with van der Waals surface area (Å²) < 4.78 is 0. The predicted molar refractivity (Wildman–Crippen MR) is 63.0 cm³/mol. The summed E-state index contributed by atoms with van der Waals surface area (Å²) in [6.45, 7) is 1.78. The summed E-state index contributed by atoms with van der Waals surface area (Å²) in [7, 11) is 1.65. The van der Waals surface area contributed by atoms with Crippen LogP contribution in [0.1, 0.15) is 33.6 Å². The highest BCUT2D eigenvalue weighted by molar-refractivity contribution is 5.98. The molecule has 0 saturated carbocycles. The van der Waals surface area contributed by atoms with Gasteiger partial charge in [0.1, 0.15) is 17.8 Å². The van der Waals surface area contributed by atoms with Crippen LogP contribution in [0.3, 0.4) is 0 Å². The SMILES string of the molecule is CC(=O)c1c[nH]c(C(=O)N(C)Cc2ncn[nH]2)c1. The first kappa shape index (κ1) is 12.0. The molecule has 0 aliphatic rings. The minimum absolute atomic E-state index is 0.0804. The third-order valence-electron chi connectivity index (χ3n) is 2.52. The quantitative estimate of drug-likeness (QED) is 0.774. The highest BCUT2D eigenvalue weighted by atomic mass is 16.2. The van der Waals surface area contributed by atoms with Crippen LogP contribution in [0.4, 0.5) is 0 Å². The van der Waals surface area contributed by atoms with Crippen molar-refractivity contribution in [2.45, 2.75) is 13.5 Å². The van der Waals surface area contributed by atoms with Crippen LogP contribution < -0.4 is 0 Å². The highest BCUT2D eigenvalue weighted by Gasteiger charge is 2.16. The van der Waals surface area contributed by atoms with Crippen LogP contribution in [0, 0.1) is 0 Å². The van der Waals surface area contributed by atoms with E-state index in [0.717, 1.165) is 0 Å². The number of hydrogen-bond acceptors (Lipinski definition) is 4. The first-order chi connectivity index (χ1) is 8.58. The van der Waals surface area contributed by atoms with Gasteiger partial charge in [-0.15, -0.1) is 0 Å². The van der Waals surface area contributed by atoms with E-state index >= 15 is 0 Å². The molecule has 0 fully saturated rings. The van der Waals surface area contributed by atoms with E-state index in [0.29, 0.717) is 23.6 Å². The van der Waals surface area contributed by atoms with Crippen LogP contribution in [-0.2, 0) is 6.54 Å². The lowest BCUT2D eigenvalue weighted by atomic mass is 10.2. The Hall–Kier alpha value is -2.44. The van der Waals surface area contributed by atoms with Crippen LogP contribution in [0.25, 0.3) is 0 Å². The molecule has 2 aromatic rings. The summed E-state index contributed by atoms with van der Waals surface area (Å²) in [6.07, 6.45) is 2.91. The number of aromatic nitrogens is 4. The molecule has 7 heteroatoms. The lowest BCUT2D eigenvalue weighted by Crippen LogP contribution is -2.27. The number of Topliss-reactive ketones (excluding diaryl/α,β-unsaturated/α-hetero) is 1. The first-order valence-electron chi connectivity index (χ1n) is 5.37. The predicted octanol–water partition coefficient (Wildman–Crippen LogP) is 0.608. The Balaban J connectivity index is 2.08. The second-order valence-corrected chi connectivity index (χ2v) is 3.95. The topological polar surface area (TPSA) is 94.7 Å². The van der Waals surface area contributed by atoms with Gasteiger partial charge in [-0.05, 0) is 13.0 Å². The number of amides is 1. The number of rotatable bonds is 4. The number of carbonyl (C=O) groups is 2. The van der Waals surface area contributed by atoms with Gasteiger partial charge in [-0.1, -0.05) is 0 Å². The third-order valence-corrected chi connectivity index (χ3v) is 2.52. The number of hydrogen-bond donors (Lipinski definition) is 2. The molecule has 0 unspecified atom stereocenters. The molecule has 18 heavy (non-hydrogen) atoms. The molecule has 0 saturated heterocycles. The van der Waals surface area contributed by atoms with Gasteiger partial charge in [-0.3, -0.25) is 14.7 Å². The average Bonchev–Trinajstić information content (AvgIpc) is 2.98. The Morgan fingerprint density at radius 2 is 2.22 bits per heavy atom. The van der Waals surface area contributed by atoms with E-state index in [1.54, 1.807) is 13.1 Å². The molecular formula is C11H13N5O2. The van der Waals surface area contributed by atoms with Crippen molar-refractivity contribution >= 4 is 11.7 Å². The molecule has 0 spiro atoms. The fraction of sp³-hybridized carbons (Fsp3) is 0.273. The minimum atomic E-state index is -0.209. The molecule has 0 atom stereocenters. The van der Waals surface area contributed by atoms with E-state index in [1.165, 1.54) is 24.3 Å². The van der Waals surface area contributed by atoms with Crippen LogP contribution >= 0.6 is 0 Å². The van der Waals surface area contributed by atoms with Crippen LogP contribution in [0.15, 0.2) is 18.6 Å². The standard InChI is InChI=1S/C11H13N5O2/c1-7(17)8-3-9(12-4-8)11(18)16(2)5-10-13-6-14-15-10/h3-4,6,12H,5H2,1-2H3,(H,13,14,15). The van der Waals surface area contributed by atoms with Crippen molar-refractivity contribution in [1.82, 2.24) is 25.1 Å². The molecule has 2 aromatic heterocycles. The van der Waals surface area contributed by atoms with Gasteiger partial charge >= 0.3 is 0 Å². The van der Waals surface area contributed by atoms with Gasteiger partial charge in [-0.25, -0.2) is 4.98 Å². The first-order valence-corrected chi connectivity index (χ1v) is 5.37. The molecule has 0 radical (unpaired) electrons. The van der Waals surface area contributed by atoms with Gasteiger partial charge < -0.3 is 9.88 Å². The molecule has 0 aliphatic carbocycles. The van der Waals surface area contributed by atoms with Crippen molar-refractivity contribution in [3.05, 3.63) is 35.7 Å². The molecule has 7 nitrogen and oxygen atoms in total. The van der Waals surface area contributed by atoms with Crippen molar-refractivity contribution in [1.29, 1.82) is 0 Å². The number of carbonyl (C=O) groups excluding carboxylic acids is 2. The fourth-order valence-corrected chi connectivity index (χ4v) is 1.53. The van der Waals surface area contributed by atoms with Crippen molar-refractivity contribution < 1.29 is 9.59 Å². The Morgan fingerprint density at radius 1 is 1.44 bits per heavy atom. The van der Waals surface area contributed by atoms with E-state index in [-0.39, 0.29) is 11.7 Å². The fourth-order valence-electron chi connectivity index (χ4n) is 1.53. The van der Waals surface area contributed by atoms with Crippen molar-refractivity contribution in [3.8, 4) is 0 Å². The zero-order chi connectivity index (χ0) is 13.1. The number of ketones is 1. The number of H-pyrrole nitrogens is 2. The molecule has 1 amide bonds. The maximum absolute atomic E-state index is 12.0. The second kappa shape index (κ2) is 4.82. The largest absolute Gasteiger partial charge is 0.356 e. The maximum atomic E-state index is 12.0. The Morgan fingerprint density at radius 3 is 2.78 bits per heavy atom. The average molecular weight is 247 g/mol. The van der Waals surface area contributed by atoms with Crippen molar-refractivity contribution in [2.75, 3.05) is 7.05 Å². The highest BCUT2D eigenvalue weighted by Crippen LogP contribution is 2.08. The normalized spacial score (nSPS) is 10.3. The van der Waals surface area contributed by atoms with Gasteiger partial charge in [0.05, 0.1) is 6.54 Å². The Kier molecular flexibility index (Phi) is 3.22.